The molecule has 3 rings (SSSR count). The van der Waals surface area contributed by atoms with E-state index in [0.29, 0.717) is 38.3 Å². The van der Waals surface area contributed by atoms with Crippen LogP contribution in [-0.4, -0.2) is 77.9 Å². The molecule has 10 nitrogen and oxygen atoms in total. The molecule has 0 aromatic heterocycles. The number of hydrogen-bond donors (Lipinski definition) is 3. The maximum atomic E-state index is 13.0. The molecule has 1 saturated heterocycles. The van der Waals surface area contributed by atoms with Crippen molar-refractivity contribution in [3.8, 4) is 0 Å². The Morgan fingerprint density at radius 3 is 1.98 bits per heavy atom. The Kier molecular flexibility index (Phi) is 11.7. The van der Waals surface area contributed by atoms with Gasteiger partial charge in [-0.2, -0.15) is 0 Å². The van der Waals surface area contributed by atoms with Crippen LogP contribution in [-0.2, 0) is 32.1 Å². The number of amides is 4. The van der Waals surface area contributed by atoms with Crippen LogP contribution in [0.3, 0.4) is 0 Å². The van der Waals surface area contributed by atoms with Crippen LogP contribution in [0.4, 0.5) is 10.5 Å². The van der Waals surface area contributed by atoms with Crippen molar-refractivity contribution in [3.63, 3.8) is 0 Å². The van der Waals surface area contributed by atoms with Crippen LogP contribution in [0, 0.1) is 5.92 Å². The van der Waals surface area contributed by atoms with Crippen LogP contribution >= 0.6 is 0 Å². The van der Waals surface area contributed by atoms with Crippen molar-refractivity contribution in [2.75, 3.05) is 31.5 Å². The Morgan fingerprint density at radius 1 is 0.780 bits per heavy atom. The standard InChI is InChI=1S/C31H43N5O5/c1-21(2)30(39)35-15-17-36(18-16-35)31(40)41-20-25-11-13-26(14-12-25)34-28(37)23(5)33-29(38)27(32-22(3)4)19-24-9-7-6-8-10-24/h6-14,21-23,27,32H,15-20H2,1-5H3,(H,33,38)(H,34,37)/t23-,27-/m0/s1. The zero-order valence-corrected chi connectivity index (χ0v) is 24.7. The second-order valence-corrected chi connectivity index (χ2v) is 11.0. The summed E-state index contributed by atoms with van der Waals surface area (Å²) in [4.78, 5) is 53.8. The Labute approximate surface area is 242 Å². The molecule has 0 saturated carbocycles. The molecule has 3 N–H and O–H groups in total. The van der Waals surface area contributed by atoms with E-state index in [0.717, 1.165) is 11.1 Å². The second-order valence-electron chi connectivity index (χ2n) is 11.0. The number of anilines is 1. The largest absolute Gasteiger partial charge is 0.445 e. The van der Waals surface area contributed by atoms with Gasteiger partial charge in [-0.25, -0.2) is 4.79 Å². The van der Waals surface area contributed by atoms with E-state index >= 15 is 0 Å². The Bertz CT molecular complexity index is 1160. The maximum absolute atomic E-state index is 13.0. The van der Waals surface area contributed by atoms with Crippen molar-refractivity contribution in [2.24, 2.45) is 5.92 Å². The minimum Gasteiger partial charge on any atom is -0.445 e. The van der Waals surface area contributed by atoms with Gasteiger partial charge >= 0.3 is 6.09 Å². The smallest absolute Gasteiger partial charge is 0.410 e. The number of carbonyl (C=O) groups excluding carboxylic acids is 4. The number of carbonyl (C=O) groups is 4. The lowest BCUT2D eigenvalue weighted by Crippen LogP contribution is -2.52. The molecule has 1 fully saturated rings. The van der Waals surface area contributed by atoms with E-state index in [4.69, 9.17) is 4.74 Å². The summed E-state index contributed by atoms with van der Waals surface area (Å²) in [7, 11) is 0. The average Bonchev–Trinajstić information content (AvgIpc) is 2.96. The van der Waals surface area contributed by atoms with Gasteiger partial charge < -0.3 is 30.5 Å². The highest BCUT2D eigenvalue weighted by Gasteiger charge is 2.26. The van der Waals surface area contributed by atoms with Gasteiger partial charge in [-0.05, 0) is 36.6 Å². The predicted molar refractivity (Wildman–Crippen MR) is 158 cm³/mol. The number of benzene rings is 2. The first-order valence-corrected chi connectivity index (χ1v) is 14.2. The summed E-state index contributed by atoms with van der Waals surface area (Å²) >= 11 is 0. The lowest BCUT2D eigenvalue weighted by atomic mass is 10.0. The van der Waals surface area contributed by atoms with Crippen LogP contribution in [0.1, 0.15) is 45.7 Å². The van der Waals surface area contributed by atoms with E-state index in [-0.39, 0.29) is 36.3 Å². The highest BCUT2D eigenvalue weighted by Crippen LogP contribution is 2.13. The first-order chi connectivity index (χ1) is 19.5. The molecule has 1 aliphatic rings. The van der Waals surface area contributed by atoms with Gasteiger partial charge in [0.05, 0.1) is 6.04 Å². The van der Waals surface area contributed by atoms with E-state index in [9.17, 15) is 19.2 Å². The van der Waals surface area contributed by atoms with Gasteiger partial charge in [0.25, 0.3) is 0 Å². The molecule has 222 valence electrons. The van der Waals surface area contributed by atoms with Crippen molar-refractivity contribution in [1.29, 1.82) is 0 Å². The van der Waals surface area contributed by atoms with Crippen molar-refractivity contribution >= 4 is 29.5 Å². The van der Waals surface area contributed by atoms with Crippen LogP contribution in [0.5, 0.6) is 0 Å². The summed E-state index contributed by atoms with van der Waals surface area (Å²) in [6.07, 6.45) is 0.0975. The normalized spacial score (nSPS) is 14.9. The fourth-order valence-corrected chi connectivity index (χ4v) is 4.50. The summed E-state index contributed by atoms with van der Waals surface area (Å²) in [5.41, 5.74) is 2.37. The highest BCUT2D eigenvalue weighted by atomic mass is 16.6. The summed E-state index contributed by atoms with van der Waals surface area (Å²) in [5, 5.41) is 8.92. The van der Waals surface area contributed by atoms with Gasteiger partial charge in [0.2, 0.25) is 17.7 Å². The van der Waals surface area contributed by atoms with Crippen LogP contribution in [0.15, 0.2) is 54.6 Å². The van der Waals surface area contributed by atoms with Crippen LogP contribution in [0.2, 0.25) is 0 Å². The van der Waals surface area contributed by atoms with Gasteiger partial charge in [0.1, 0.15) is 12.6 Å². The number of rotatable bonds is 11. The molecule has 4 amide bonds. The van der Waals surface area contributed by atoms with Crippen molar-refractivity contribution < 1.29 is 23.9 Å². The van der Waals surface area contributed by atoms with Crippen LogP contribution < -0.4 is 16.0 Å². The lowest BCUT2D eigenvalue weighted by Gasteiger charge is -2.35. The SMILES string of the molecule is CC(C)N[C@@H](Cc1ccccc1)C(=O)N[C@@H](C)C(=O)Nc1ccc(COC(=O)N2CCN(C(=O)C(C)C)CC2)cc1. The minimum absolute atomic E-state index is 0.0625. The van der Waals surface area contributed by atoms with E-state index in [1.54, 1.807) is 41.0 Å². The molecule has 0 spiro atoms. The number of ether oxygens (including phenoxy) is 1. The molecular formula is C31H43N5O5. The van der Waals surface area contributed by atoms with Crippen molar-refractivity contribution in [1.82, 2.24) is 20.4 Å². The molecule has 41 heavy (non-hydrogen) atoms. The maximum Gasteiger partial charge on any atom is 0.410 e. The third-order valence-corrected chi connectivity index (χ3v) is 6.81. The van der Waals surface area contributed by atoms with E-state index in [1.165, 1.54) is 0 Å². The molecule has 1 heterocycles. The summed E-state index contributed by atoms with van der Waals surface area (Å²) in [6, 6.07) is 15.6. The van der Waals surface area contributed by atoms with Crippen molar-refractivity contribution in [3.05, 3.63) is 65.7 Å². The molecule has 2 atom stereocenters. The molecule has 10 heteroatoms. The van der Waals surface area contributed by atoms with Gasteiger partial charge in [0, 0.05) is 43.8 Å². The number of hydrogen-bond acceptors (Lipinski definition) is 6. The quantitative estimate of drug-likeness (QED) is 0.385. The minimum atomic E-state index is -0.744. The number of nitrogens with one attached hydrogen (secondary N) is 3. The molecule has 2 aromatic carbocycles. The number of piperazine rings is 1. The third kappa shape index (κ3) is 9.89. The van der Waals surface area contributed by atoms with Gasteiger partial charge in [-0.3, -0.25) is 14.4 Å². The zero-order valence-electron chi connectivity index (χ0n) is 24.7. The molecule has 0 radical (unpaired) electrons. The molecule has 1 aliphatic heterocycles. The molecule has 0 unspecified atom stereocenters. The van der Waals surface area contributed by atoms with Gasteiger partial charge in [-0.1, -0.05) is 70.2 Å². The Hall–Kier alpha value is -3.92. The first kappa shape index (κ1) is 31.6. The third-order valence-electron chi connectivity index (χ3n) is 6.81. The van der Waals surface area contributed by atoms with E-state index < -0.39 is 18.2 Å². The summed E-state index contributed by atoms with van der Waals surface area (Å²) in [5.74, 6) is -0.546. The fourth-order valence-electron chi connectivity index (χ4n) is 4.50. The first-order valence-electron chi connectivity index (χ1n) is 14.2. The molecule has 0 bridgehead atoms. The summed E-state index contributed by atoms with van der Waals surface area (Å²) in [6.45, 7) is 11.3. The molecule has 0 aliphatic carbocycles. The van der Waals surface area contributed by atoms with E-state index in [1.807, 2.05) is 58.0 Å². The second kappa shape index (κ2) is 15.2. The highest BCUT2D eigenvalue weighted by molar-refractivity contribution is 5.97. The number of nitrogens with zero attached hydrogens (tertiary/aromatic N) is 2. The monoisotopic (exact) mass is 565 g/mol. The van der Waals surface area contributed by atoms with Crippen LogP contribution in [0.25, 0.3) is 0 Å². The van der Waals surface area contributed by atoms with Gasteiger partial charge in [-0.15, -0.1) is 0 Å². The van der Waals surface area contributed by atoms with Gasteiger partial charge in [0.15, 0.2) is 0 Å². The topological polar surface area (TPSA) is 120 Å². The lowest BCUT2D eigenvalue weighted by molar-refractivity contribution is -0.136. The zero-order chi connectivity index (χ0) is 29.9. The predicted octanol–water partition coefficient (Wildman–Crippen LogP) is 3.18. The molecule has 2 aromatic rings. The van der Waals surface area contributed by atoms with Crippen molar-refractivity contribution in [2.45, 2.75) is 65.8 Å². The Morgan fingerprint density at radius 2 is 1.39 bits per heavy atom. The molecular weight excluding hydrogens is 522 g/mol. The fraction of sp³-hybridized carbons (Fsp3) is 0.484. The summed E-state index contributed by atoms with van der Waals surface area (Å²) < 4.78 is 5.45. The Balaban J connectivity index is 1.44. The van der Waals surface area contributed by atoms with E-state index in [2.05, 4.69) is 16.0 Å². The average molecular weight is 566 g/mol.